The highest BCUT2D eigenvalue weighted by atomic mass is 32.1. The summed E-state index contributed by atoms with van der Waals surface area (Å²) in [6.07, 6.45) is 0. The summed E-state index contributed by atoms with van der Waals surface area (Å²) in [5.41, 5.74) is 6.96. The second-order valence-electron chi connectivity index (χ2n) is 7.93. The van der Waals surface area contributed by atoms with Crippen LogP contribution in [0.1, 0.15) is 36.0 Å². The Morgan fingerprint density at radius 3 is 1.89 bits per heavy atom. The topological polar surface area (TPSA) is 115 Å². The van der Waals surface area contributed by atoms with Gasteiger partial charge in [-0.1, -0.05) is 0 Å². The minimum Gasteiger partial charge on any atom is -0.497 e. The number of amides is 3. The Morgan fingerprint density at radius 2 is 1.27 bits per heavy atom. The van der Waals surface area contributed by atoms with Crippen molar-refractivity contribution >= 4 is 44.8 Å². The third kappa shape index (κ3) is 5.49. The monoisotopic (exact) mass is 519 g/mol. The average Bonchev–Trinajstić information content (AvgIpc) is 3.26. The third-order valence-corrected chi connectivity index (χ3v) is 6.95. The zero-order chi connectivity index (χ0) is 26.5. The van der Waals surface area contributed by atoms with Crippen molar-refractivity contribution in [3.05, 3.63) is 82.2 Å². The standard InChI is InChI=1S/C27H25N3O6S/c1-15-20-13-21(35-3)22(36-4)14-23(20)37-24(15)27(33)30-29-26(32)17-5-9-18(10-6-17)28-25(31)16-7-11-19(34-2)12-8-16/h5-14H,1-4H3,(H,28,31)(H,29,32)(H,30,33). The highest BCUT2D eigenvalue weighted by Gasteiger charge is 2.19. The third-order valence-electron chi connectivity index (χ3n) is 5.70. The van der Waals surface area contributed by atoms with Crippen LogP contribution in [0.25, 0.3) is 10.1 Å². The number of aryl methyl sites for hydroxylation is 1. The van der Waals surface area contributed by atoms with Crippen LogP contribution in [0, 0.1) is 6.92 Å². The lowest BCUT2D eigenvalue weighted by molar-refractivity contribution is 0.0848. The average molecular weight is 520 g/mol. The van der Waals surface area contributed by atoms with Crippen LogP contribution in [0.15, 0.2) is 60.7 Å². The fourth-order valence-electron chi connectivity index (χ4n) is 3.66. The molecule has 4 aromatic rings. The molecular weight excluding hydrogens is 494 g/mol. The first kappa shape index (κ1) is 25.5. The fourth-order valence-corrected chi connectivity index (χ4v) is 4.77. The summed E-state index contributed by atoms with van der Waals surface area (Å²) < 4.78 is 16.6. The van der Waals surface area contributed by atoms with E-state index in [9.17, 15) is 14.4 Å². The molecule has 37 heavy (non-hydrogen) atoms. The molecule has 0 saturated carbocycles. The minimum atomic E-state index is -0.497. The predicted octanol–water partition coefficient (Wildman–Crippen LogP) is 4.56. The number of carbonyl (C=O) groups excluding carboxylic acids is 3. The number of hydrogen-bond acceptors (Lipinski definition) is 7. The van der Waals surface area contributed by atoms with Crippen LogP contribution in [-0.2, 0) is 0 Å². The molecule has 190 valence electrons. The maximum atomic E-state index is 12.8. The van der Waals surface area contributed by atoms with Gasteiger partial charge < -0.3 is 19.5 Å². The first-order chi connectivity index (χ1) is 17.8. The van der Waals surface area contributed by atoms with Crippen LogP contribution in [0.3, 0.4) is 0 Å². The van der Waals surface area contributed by atoms with Gasteiger partial charge in [-0.3, -0.25) is 25.2 Å². The van der Waals surface area contributed by atoms with E-state index in [-0.39, 0.29) is 5.91 Å². The molecule has 0 aliphatic carbocycles. The lowest BCUT2D eigenvalue weighted by Crippen LogP contribution is -2.41. The van der Waals surface area contributed by atoms with Crippen LogP contribution in [-0.4, -0.2) is 39.1 Å². The molecule has 0 radical (unpaired) electrons. The second-order valence-corrected chi connectivity index (χ2v) is 8.98. The van der Waals surface area contributed by atoms with Crippen molar-refractivity contribution in [2.45, 2.75) is 6.92 Å². The summed E-state index contributed by atoms with van der Waals surface area (Å²) >= 11 is 1.29. The number of thiophene rings is 1. The number of hydrazine groups is 1. The SMILES string of the molecule is COc1ccc(C(=O)Nc2ccc(C(=O)NNC(=O)c3sc4cc(OC)c(OC)cc4c3C)cc2)cc1. The Bertz CT molecular complexity index is 1460. The van der Waals surface area contributed by atoms with E-state index in [1.54, 1.807) is 69.9 Å². The Hall–Kier alpha value is -4.57. The number of hydrogen-bond donors (Lipinski definition) is 3. The van der Waals surface area contributed by atoms with Crippen molar-refractivity contribution in [1.82, 2.24) is 10.9 Å². The van der Waals surface area contributed by atoms with E-state index in [1.165, 1.54) is 11.3 Å². The first-order valence-electron chi connectivity index (χ1n) is 11.2. The van der Waals surface area contributed by atoms with Gasteiger partial charge in [0.05, 0.1) is 26.2 Å². The normalized spacial score (nSPS) is 10.5. The number of benzene rings is 3. The molecule has 0 saturated heterocycles. The van der Waals surface area contributed by atoms with Crippen molar-refractivity contribution in [1.29, 1.82) is 0 Å². The maximum Gasteiger partial charge on any atom is 0.280 e. The molecule has 10 heteroatoms. The molecule has 0 unspecified atom stereocenters. The molecule has 1 heterocycles. The van der Waals surface area contributed by atoms with Gasteiger partial charge in [0.2, 0.25) is 0 Å². The molecule has 0 aliphatic heterocycles. The number of carbonyl (C=O) groups is 3. The van der Waals surface area contributed by atoms with Crippen LogP contribution in [0.2, 0.25) is 0 Å². The highest BCUT2D eigenvalue weighted by molar-refractivity contribution is 7.21. The van der Waals surface area contributed by atoms with Gasteiger partial charge in [-0.15, -0.1) is 11.3 Å². The van der Waals surface area contributed by atoms with E-state index in [0.717, 1.165) is 15.6 Å². The molecule has 3 amide bonds. The molecule has 3 N–H and O–H groups in total. The van der Waals surface area contributed by atoms with E-state index >= 15 is 0 Å². The number of rotatable bonds is 7. The highest BCUT2D eigenvalue weighted by Crippen LogP contribution is 2.39. The quantitative estimate of drug-likeness (QED) is 0.308. The number of ether oxygens (including phenoxy) is 3. The minimum absolute atomic E-state index is 0.291. The second kappa shape index (κ2) is 11.0. The number of fused-ring (bicyclic) bond motifs is 1. The largest absolute Gasteiger partial charge is 0.497 e. The smallest absolute Gasteiger partial charge is 0.280 e. The van der Waals surface area contributed by atoms with Crippen molar-refractivity contribution < 1.29 is 28.6 Å². The van der Waals surface area contributed by atoms with Gasteiger partial charge in [-0.05, 0) is 67.1 Å². The molecule has 0 fully saturated rings. The van der Waals surface area contributed by atoms with Gasteiger partial charge >= 0.3 is 0 Å². The van der Waals surface area contributed by atoms with Gasteiger partial charge in [0.1, 0.15) is 5.75 Å². The van der Waals surface area contributed by atoms with Crippen molar-refractivity contribution in [2.24, 2.45) is 0 Å². The van der Waals surface area contributed by atoms with E-state index in [4.69, 9.17) is 14.2 Å². The van der Waals surface area contributed by atoms with Crippen molar-refractivity contribution in [3.8, 4) is 17.2 Å². The summed E-state index contributed by atoms with van der Waals surface area (Å²) in [6, 6.07) is 16.7. The van der Waals surface area contributed by atoms with Crippen LogP contribution in [0.4, 0.5) is 5.69 Å². The summed E-state index contributed by atoms with van der Waals surface area (Å²) in [4.78, 5) is 38.2. The molecule has 0 bridgehead atoms. The van der Waals surface area contributed by atoms with Gasteiger partial charge in [-0.25, -0.2) is 0 Å². The van der Waals surface area contributed by atoms with Gasteiger partial charge in [0.15, 0.2) is 11.5 Å². The van der Waals surface area contributed by atoms with Crippen molar-refractivity contribution in [2.75, 3.05) is 26.6 Å². The molecular formula is C27H25N3O6S. The predicted molar refractivity (Wildman–Crippen MR) is 142 cm³/mol. The maximum absolute atomic E-state index is 12.8. The Morgan fingerprint density at radius 1 is 0.703 bits per heavy atom. The van der Waals surface area contributed by atoms with Crippen LogP contribution < -0.4 is 30.4 Å². The molecule has 9 nitrogen and oxygen atoms in total. The van der Waals surface area contributed by atoms with E-state index in [1.807, 2.05) is 19.1 Å². The summed E-state index contributed by atoms with van der Waals surface area (Å²) in [7, 11) is 4.66. The van der Waals surface area contributed by atoms with Crippen LogP contribution in [0.5, 0.6) is 17.2 Å². The Labute approximate surface area is 217 Å². The van der Waals surface area contributed by atoms with Gasteiger partial charge in [0, 0.05) is 33.0 Å². The van der Waals surface area contributed by atoms with Crippen LogP contribution >= 0.6 is 11.3 Å². The summed E-state index contributed by atoms with van der Waals surface area (Å²) in [6.45, 7) is 1.83. The number of nitrogens with one attached hydrogen (secondary N) is 3. The zero-order valence-corrected chi connectivity index (χ0v) is 21.4. The molecule has 0 atom stereocenters. The van der Waals surface area contributed by atoms with E-state index < -0.39 is 11.8 Å². The molecule has 0 aliphatic rings. The Balaban J connectivity index is 1.38. The van der Waals surface area contributed by atoms with Gasteiger partial charge in [0.25, 0.3) is 17.7 Å². The van der Waals surface area contributed by atoms with Gasteiger partial charge in [-0.2, -0.15) is 0 Å². The van der Waals surface area contributed by atoms with Crippen molar-refractivity contribution in [3.63, 3.8) is 0 Å². The zero-order valence-electron chi connectivity index (χ0n) is 20.6. The number of methoxy groups -OCH3 is 3. The first-order valence-corrected chi connectivity index (χ1v) is 12.0. The fraction of sp³-hybridized carbons (Fsp3) is 0.148. The lowest BCUT2D eigenvalue weighted by Gasteiger charge is -2.09. The molecule has 1 aromatic heterocycles. The van der Waals surface area contributed by atoms with E-state index in [2.05, 4.69) is 16.2 Å². The molecule has 3 aromatic carbocycles. The summed E-state index contributed by atoms with van der Waals surface area (Å²) in [5, 5.41) is 3.64. The van der Waals surface area contributed by atoms with E-state index in [0.29, 0.717) is 38.9 Å². The summed E-state index contributed by atoms with van der Waals surface area (Å²) in [5.74, 6) is 0.569. The lowest BCUT2D eigenvalue weighted by atomic mass is 10.1. The molecule has 0 spiro atoms. The number of anilines is 1. The molecule has 4 rings (SSSR count). The Kier molecular flexibility index (Phi) is 7.59.